The lowest BCUT2D eigenvalue weighted by Gasteiger charge is -2.22. The molecule has 136 valence electrons. The predicted molar refractivity (Wildman–Crippen MR) is 106 cm³/mol. The average Bonchev–Trinajstić information content (AvgIpc) is 2.93. The van der Waals surface area contributed by atoms with Crippen molar-refractivity contribution in [3.05, 3.63) is 47.3 Å². The standard InChI is InChI=1S/C20H31N5/c1-4-6-11-24(12-7-5-2)16-19-10-8-9-18(13-19)14-22-25-15-17(3)23-20(25)21/h8-10,13-15H,4-7,11-12,16H2,1-3H3,(H2,21,23). The topological polar surface area (TPSA) is 59.4 Å². The molecule has 0 unspecified atom stereocenters. The fourth-order valence-electron chi connectivity index (χ4n) is 2.79. The van der Waals surface area contributed by atoms with Crippen LogP contribution in [0.4, 0.5) is 5.95 Å². The second-order valence-corrected chi connectivity index (χ2v) is 6.56. The molecule has 25 heavy (non-hydrogen) atoms. The normalized spacial score (nSPS) is 11.7. The molecule has 2 N–H and O–H groups in total. The summed E-state index contributed by atoms with van der Waals surface area (Å²) < 4.78 is 1.61. The number of unbranched alkanes of at least 4 members (excludes halogenated alkanes) is 2. The molecule has 5 heteroatoms. The number of imidazole rings is 1. The molecule has 1 aromatic carbocycles. The highest BCUT2D eigenvalue weighted by molar-refractivity contribution is 5.79. The van der Waals surface area contributed by atoms with Crippen molar-refractivity contribution in [1.29, 1.82) is 0 Å². The number of anilines is 1. The molecule has 0 fully saturated rings. The van der Waals surface area contributed by atoms with E-state index in [4.69, 9.17) is 5.73 Å². The third-order valence-corrected chi connectivity index (χ3v) is 4.18. The molecule has 0 saturated heterocycles. The molecule has 0 aliphatic carbocycles. The van der Waals surface area contributed by atoms with Crippen LogP contribution in [0.3, 0.4) is 0 Å². The summed E-state index contributed by atoms with van der Waals surface area (Å²) in [4.78, 5) is 6.71. The van der Waals surface area contributed by atoms with Crippen molar-refractivity contribution >= 4 is 12.2 Å². The Labute approximate surface area is 151 Å². The first-order chi connectivity index (χ1) is 12.1. The van der Waals surface area contributed by atoms with Crippen molar-refractivity contribution in [2.24, 2.45) is 5.10 Å². The van der Waals surface area contributed by atoms with Crippen LogP contribution in [0, 0.1) is 6.92 Å². The summed E-state index contributed by atoms with van der Waals surface area (Å²) in [6.45, 7) is 9.73. The molecule has 1 heterocycles. The Balaban J connectivity index is 2.04. The summed E-state index contributed by atoms with van der Waals surface area (Å²) >= 11 is 0. The number of nitrogens with zero attached hydrogens (tertiary/aromatic N) is 4. The van der Waals surface area contributed by atoms with Gasteiger partial charge >= 0.3 is 0 Å². The van der Waals surface area contributed by atoms with E-state index in [9.17, 15) is 0 Å². The molecule has 0 amide bonds. The van der Waals surface area contributed by atoms with Crippen molar-refractivity contribution in [3.8, 4) is 0 Å². The molecule has 0 spiro atoms. The number of hydrogen-bond donors (Lipinski definition) is 1. The van der Waals surface area contributed by atoms with Gasteiger partial charge in [-0.1, -0.05) is 44.9 Å². The first-order valence-corrected chi connectivity index (χ1v) is 9.29. The highest BCUT2D eigenvalue weighted by Gasteiger charge is 2.06. The van der Waals surface area contributed by atoms with Crippen LogP contribution in [0.5, 0.6) is 0 Å². The van der Waals surface area contributed by atoms with Gasteiger partial charge in [-0.05, 0) is 50.0 Å². The molecule has 5 nitrogen and oxygen atoms in total. The number of nitrogen functional groups attached to an aromatic ring is 1. The van der Waals surface area contributed by atoms with Gasteiger partial charge in [0.05, 0.1) is 18.1 Å². The van der Waals surface area contributed by atoms with Crippen LogP contribution >= 0.6 is 0 Å². The van der Waals surface area contributed by atoms with Gasteiger partial charge in [-0.15, -0.1) is 0 Å². The Morgan fingerprint density at radius 3 is 2.52 bits per heavy atom. The molecule has 2 rings (SSSR count). The van der Waals surface area contributed by atoms with Crippen LogP contribution < -0.4 is 5.73 Å². The van der Waals surface area contributed by atoms with Crippen LogP contribution in [0.1, 0.15) is 56.4 Å². The second-order valence-electron chi connectivity index (χ2n) is 6.56. The van der Waals surface area contributed by atoms with E-state index in [2.05, 4.69) is 53.1 Å². The van der Waals surface area contributed by atoms with E-state index in [1.807, 2.05) is 19.3 Å². The SMILES string of the molecule is CCCCN(CCCC)Cc1cccc(C=Nn2cc(C)nc2N)c1. The quantitative estimate of drug-likeness (QED) is 0.663. The van der Waals surface area contributed by atoms with Crippen LogP contribution in [-0.2, 0) is 6.54 Å². The average molecular weight is 342 g/mol. The number of aromatic nitrogens is 2. The Morgan fingerprint density at radius 2 is 1.92 bits per heavy atom. The Hall–Kier alpha value is -2.14. The minimum atomic E-state index is 0.412. The zero-order chi connectivity index (χ0) is 18.1. The third kappa shape index (κ3) is 6.35. The van der Waals surface area contributed by atoms with E-state index >= 15 is 0 Å². The highest BCUT2D eigenvalue weighted by Crippen LogP contribution is 2.10. The summed E-state index contributed by atoms with van der Waals surface area (Å²) in [5, 5.41) is 4.41. The minimum Gasteiger partial charge on any atom is -0.368 e. The molecule has 0 aliphatic heterocycles. The predicted octanol–water partition coefficient (Wildman–Crippen LogP) is 4.06. The monoisotopic (exact) mass is 341 g/mol. The minimum absolute atomic E-state index is 0.412. The van der Waals surface area contributed by atoms with Crippen LogP contribution in [0.25, 0.3) is 0 Å². The Kier molecular flexibility index (Phi) is 7.67. The van der Waals surface area contributed by atoms with E-state index in [-0.39, 0.29) is 0 Å². The van der Waals surface area contributed by atoms with E-state index in [0.29, 0.717) is 5.95 Å². The number of aryl methyl sites for hydroxylation is 1. The molecule has 1 aromatic heterocycles. The number of nitrogens with two attached hydrogens (primary N) is 1. The molecule has 0 bridgehead atoms. The fraction of sp³-hybridized carbons (Fsp3) is 0.500. The maximum Gasteiger partial charge on any atom is 0.221 e. The largest absolute Gasteiger partial charge is 0.368 e. The molecular formula is C20H31N5. The summed E-state index contributed by atoms with van der Waals surface area (Å²) in [6, 6.07) is 8.55. The van der Waals surface area contributed by atoms with Crippen molar-refractivity contribution < 1.29 is 0 Å². The van der Waals surface area contributed by atoms with Gasteiger partial charge in [0.15, 0.2) is 0 Å². The fourth-order valence-corrected chi connectivity index (χ4v) is 2.79. The van der Waals surface area contributed by atoms with E-state index in [0.717, 1.165) is 17.8 Å². The van der Waals surface area contributed by atoms with Gasteiger partial charge in [-0.25, -0.2) is 9.66 Å². The Bertz CT molecular complexity index is 666. The number of benzene rings is 1. The van der Waals surface area contributed by atoms with Gasteiger partial charge in [-0.3, -0.25) is 4.90 Å². The molecule has 2 aromatic rings. The number of rotatable bonds is 10. The lowest BCUT2D eigenvalue weighted by molar-refractivity contribution is 0.257. The van der Waals surface area contributed by atoms with Gasteiger partial charge in [-0.2, -0.15) is 5.10 Å². The summed E-state index contributed by atoms with van der Waals surface area (Å²) in [5.74, 6) is 0.412. The van der Waals surface area contributed by atoms with Crippen LogP contribution in [0.2, 0.25) is 0 Å². The van der Waals surface area contributed by atoms with Gasteiger partial charge in [0.25, 0.3) is 0 Å². The summed E-state index contributed by atoms with van der Waals surface area (Å²) in [6.07, 6.45) is 8.65. The van der Waals surface area contributed by atoms with Crippen molar-refractivity contribution in [3.63, 3.8) is 0 Å². The van der Waals surface area contributed by atoms with Gasteiger partial charge in [0.2, 0.25) is 5.95 Å². The third-order valence-electron chi connectivity index (χ3n) is 4.18. The summed E-state index contributed by atoms with van der Waals surface area (Å²) in [5.41, 5.74) is 9.10. The first kappa shape index (κ1) is 19.2. The van der Waals surface area contributed by atoms with E-state index in [1.165, 1.54) is 44.3 Å². The van der Waals surface area contributed by atoms with Gasteiger partial charge in [0, 0.05) is 6.54 Å². The van der Waals surface area contributed by atoms with Crippen LogP contribution in [-0.4, -0.2) is 33.9 Å². The zero-order valence-electron chi connectivity index (χ0n) is 15.8. The zero-order valence-corrected chi connectivity index (χ0v) is 15.8. The van der Waals surface area contributed by atoms with Gasteiger partial charge in [0.1, 0.15) is 0 Å². The van der Waals surface area contributed by atoms with Crippen LogP contribution in [0.15, 0.2) is 35.6 Å². The molecular weight excluding hydrogens is 310 g/mol. The molecule has 0 saturated carbocycles. The molecule has 0 aliphatic rings. The smallest absolute Gasteiger partial charge is 0.221 e. The molecule has 0 radical (unpaired) electrons. The number of hydrogen-bond acceptors (Lipinski definition) is 4. The highest BCUT2D eigenvalue weighted by atomic mass is 15.4. The van der Waals surface area contributed by atoms with Crippen molar-refractivity contribution in [2.75, 3.05) is 18.8 Å². The van der Waals surface area contributed by atoms with Gasteiger partial charge < -0.3 is 5.73 Å². The maximum atomic E-state index is 5.83. The van der Waals surface area contributed by atoms with Crippen molar-refractivity contribution in [1.82, 2.24) is 14.6 Å². The van der Waals surface area contributed by atoms with Crippen molar-refractivity contribution in [2.45, 2.75) is 53.0 Å². The summed E-state index contributed by atoms with van der Waals surface area (Å²) in [7, 11) is 0. The molecule has 0 atom stereocenters. The Morgan fingerprint density at radius 1 is 1.20 bits per heavy atom. The maximum absolute atomic E-state index is 5.83. The lowest BCUT2D eigenvalue weighted by atomic mass is 10.1. The van der Waals surface area contributed by atoms with E-state index in [1.54, 1.807) is 4.68 Å². The first-order valence-electron chi connectivity index (χ1n) is 9.29. The lowest BCUT2D eigenvalue weighted by Crippen LogP contribution is -2.25. The van der Waals surface area contributed by atoms with E-state index < -0.39 is 0 Å². The second kappa shape index (κ2) is 9.99.